The molecule has 0 atom stereocenters. The number of para-hydroxylation sites is 2. The Hall–Kier alpha value is -3.68. The summed E-state index contributed by atoms with van der Waals surface area (Å²) in [5.41, 5.74) is 2.31. The topological polar surface area (TPSA) is 61.8 Å². The number of anilines is 2. The summed E-state index contributed by atoms with van der Waals surface area (Å²) in [5.74, 6) is 1.65. The molecular weight excluding hydrogens is 433 g/mol. The van der Waals surface area contributed by atoms with E-state index in [1.165, 1.54) is 12.1 Å². The van der Waals surface area contributed by atoms with E-state index >= 15 is 0 Å². The summed E-state index contributed by atoms with van der Waals surface area (Å²) in [5, 5.41) is 0. The van der Waals surface area contributed by atoms with Crippen molar-refractivity contribution < 1.29 is 13.9 Å². The third kappa shape index (κ3) is 4.40. The van der Waals surface area contributed by atoms with E-state index in [9.17, 15) is 9.18 Å². The summed E-state index contributed by atoms with van der Waals surface area (Å²) in [6, 6.07) is 14.1. The smallest absolute Gasteiger partial charge is 0.259 e. The molecule has 0 N–H and O–H groups in total. The summed E-state index contributed by atoms with van der Waals surface area (Å²) in [6.07, 6.45) is 3.68. The van der Waals surface area contributed by atoms with E-state index in [2.05, 4.69) is 20.9 Å². The third-order valence-corrected chi connectivity index (χ3v) is 6.50. The molecule has 0 bridgehead atoms. The number of halogens is 1. The standard InChI is InChI=1S/C26H28FN5O2/c1-34-23-7-3-2-6-22(23)30-14-16-31(17-15-30)25-21(26(33)32-12-4-5-13-32)18-28-24(29-25)19-8-10-20(27)11-9-19/h2-3,6-11,18H,4-5,12-17H2,1H3. The molecule has 2 aliphatic rings. The van der Waals surface area contributed by atoms with Gasteiger partial charge in [0.15, 0.2) is 5.82 Å². The summed E-state index contributed by atoms with van der Waals surface area (Å²) < 4.78 is 19.0. The maximum absolute atomic E-state index is 13.4. The number of hydrogen-bond donors (Lipinski definition) is 0. The van der Waals surface area contributed by atoms with Crippen LogP contribution < -0.4 is 14.5 Å². The highest BCUT2D eigenvalue weighted by Crippen LogP contribution is 2.30. The zero-order chi connectivity index (χ0) is 23.5. The Balaban J connectivity index is 1.44. The fraction of sp³-hybridized carbons (Fsp3) is 0.346. The molecule has 0 spiro atoms. The van der Waals surface area contributed by atoms with Gasteiger partial charge < -0.3 is 19.4 Å². The average Bonchev–Trinajstić information content (AvgIpc) is 3.44. The van der Waals surface area contributed by atoms with Crippen molar-refractivity contribution in [1.29, 1.82) is 0 Å². The SMILES string of the molecule is COc1ccccc1N1CCN(c2nc(-c3ccc(F)cc3)ncc2C(=O)N2CCCC2)CC1. The van der Waals surface area contributed by atoms with Crippen molar-refractivity contribution in [2.45, 2.75) is 12.8 Å². The minimum Gasteiger partial charge on any atom is -0.495 e. The molecule has 0 saturated carbocycles. The van der Waals surface area contributed by atoms with Crippen LogP contribution in [0.4, 0.5) is 15.9 Å². The number of piperazine rings is 1. The highest BCUT2D eigenvalue weighted by atomic mass is 19.1. The molecule has 2 aliphatic heterocycles. The Morgan fingerprint density at radius 3 is 2.29 bits per heavy atom. The van der Waals surface area contributed by atoms with Gasteiger partial charge in [0.2, 0.25) is 0 Å². The number of amides is 1. The molecule has 0 radical (unpaired) electrons. The first-order chi connectivity index (χ1) is 16.6. The molecule has 5 rings (SSSR count). The fourth-order valence-corrected chi connectivity index (χ4v) is 4.64. The van der Waals surface area contributed by atoms with Crippen LogP contribution in [0.1, 0.15) is 23.2 Å². The molecule has 7 nitrogen and oxygen atoms in total. The lowest BCUT2D eigenvalue weighted by atomic mass is 10.1. The number of ether oxygens (including phenoxy) is 1. The highest BCUT2D eigenvalue weighted by molar-refractivity contribution is 5.99. The van der Waals surface area contributed by atoms with Gasteiger partial charge in [0, 0.05) is 51.0 Å². The van der Waals surface area contributed by atoms with Gasteiger partial charge in [0.05, 0.1) is 12.8 Å². The van der Waals surface area contributed by atoms with Crippen molar-refractivity contribution in [2.75, 3.05) is 56.2 Å². The Kier molecular flexibility index (Phi) is 6.29. The van der Waals surface area contributed by atoms with Crippen molar-refractivity contribution in [3.8, 4) is 17.1 Å². The predicted octanol–water partition coefficient (Wildman–Crippen LogP) is 3.85. The van der Waals surface area contributed by atoms with Crippen LogP contribution in [-0.4, -0.2) is 67.2 Å². The van der Waals surface area contributed by atoms with Gasteiger partial charge in [-0.1, -0.05) is 12.1 Å². The molecule has 0 aliphatic carbocycles. The van der Waals surface area contributed by atoms with Gasteiger partial charge in [-0.2, -0.15) is 0 Å². The van der Waals surface area contributed by atoms with Crippen LogP contribution in [0.25, 0.3) is 11.4 Å². The summed E-state index contributed by atoms with van der Waals surface area (Å²) in [4.78, 5) is 28.9. The van der Waals surface area contributed by atoms with Crippen LogP contribution in [0.3, 0.4) is 0 Å². The monoisotopic (exact) mass is 461 g/mol. The molecule has 3 heterocycles. The van der Waals surface area contributed by atoms with Gasteiger partial charge in [-0.25, -0.2) is 14.4 Å². The average molecular weight is 462 g/mol. The van der Waals surface area contributed by atoms with E-state index in [0.29, 0.717) is 30.3 Å². The molecule has 1 amide bonds. The molecule has 8 heteroatoms. The molecule has 3 aromatic rings. The van der Waals surface area contributed by atoms with Gasteiger partial charge in [0.25, 0.3) is 5.91 Å². The molecule has 1 aromatic heterocycles. The lowest BCUT2D eigenvalue weighted by Crippen LogP contribution is -2.47. The van der Waals surface area contributed by atoms with E-state index < -0.39 is 0 Å². The van der Waals surface area contributed by atoms with Crippen LogP contribution in [0.15, 0.2) is 54.7 Å². The van der Waals surface area contributed by atoms with Crippen molar-refractivity contribution in [3.05, 3.63) is 66.1 Å². The number of nitrogens with zero attached hydrogens (tertiary/aromatic N) is 5. The minimum atomic E-state index is -0.308. The van der Waals surface area contributed by atoms with Crippen molar-refractivity contribution in [2.24, 2.45) is 0 Å². The second kappa shape index (κ2) is 9.67. The number of aromatic nitrogens is 2. The number of rotatable bonds is 5. The normalized spacial score (nSPS) is 16.1. The van der Waals surface area contributed by atoms with Gasteiger partial charge >= 0.3 is 0 Å². The number of carbonyl (C=O) groups is 1. The van der Waals surface area contributed by atoms with E-state index in [4.69, 9.17) is 9.72 Å². The Bertz CT molecular complexity index is 1160. The third-order valence-electron chi connectivity index (χ3n) is 6.50. The van der Waals surface area contributed by atoms with E-state index in [1.807, 2.05) is 23.1 Å². The summed E-state index contributed by atoms with van der Waals surface area (Å²) >= 11 is 0. The van der Waals surface area contributed by atoms with Crippen LogP contribution in [0.2, 0.25) is 0 Å². The first kappa shape index (κ1) is 22.1. The van der Waals surface area contributed by atoms with Crippen LogP contribution in [-0.2, 0) is 0 Å². The Morgan fingerprint density at radius 2 is 1.59 bits per heavy atom. The molecule has 176 valence electrons. The van der Waals surface area contributed by atoms with Gasteiger partial charge in [-0.3, -0.25) is 4.79 Å². The second-order valence-corrected chi connectivity index (χ2v) is 8.58. The molecule has 2 saturated heterocycles. The number of benzene rings is 2. The number of methoxy groups -OCH3 is 1. The zero-order valence-corrected chi connectivity index (χ0v) is 19.3. The maximum atomic E-state index is 13.4. The quantitative estimate of drug-likeness (QED) is 0.575. The van der Waals surface area contributed by atoms with Crippen molar-refractivity contribution in [1.82, 2.24) is 14.9 Å². The molecule has 2 fully saturated rings. The van der Waals surface area contributed by atoms with Crippen LogP contribution in [0, 0.1) is 5.82 Å². The lowest BCUT2D eigenvalue weighted by Gasteiger charge is -2.38. The largest absolute Gasteiger partial charge is 0.495 e. The Labute approximate surface area is 198 Å². The minimum absolute atomic E-state index is 0.0229. The Morgan fingerprint density at radius 1 is 0.912 bits per heavy atom. The zero-order valence-electron chi connectivity index (χ0n) is 19.3. The number of carbonyl (C=O) groups excluding carboxylic acids is 1. The van der Waals surface area contributed by atoms with Gasteiger partial charge in [-0.15, -0.1) is 0 Å². The second-order valence-electron chi connectivity index (χ2n) is 8.58. The van der Waals surface area contributed by atoms with Crippen molar-refractivity contribution >= 4 is 17.4 Å². The van der Waals surface area contributed by atoms with Crippen LogP contribution >= 0.6 is 0 Å². The van der Waals surface area contributed by atoms with E-state index in [1.54, 1.807) is 25.4 Å². The first-order valence-corrected chi connectivity index (χ1v) is 11.7. The maximum Gasteiger partial charge on any atom is 0.259 e. The molecular formula is C26H28FN5O2. The van der Waals surface area contributed by atoms with Gasteiger partial charge in [0.1, 0.15) is 22.9 Å². The number of hydrogen-bond acceptors (Lipinski definition) is 6. The fourth-order valence-electron chi connectivity index (χ4n) is 4.64. The van der Waals surface area contributed by atoms with Crippen LogP contribution in [0.5, 0.6) is 5.75 Å². The predicted molar refractivity (Wildman–Crippen MR) is 130 cm³/mol. The molecule has 2 aromatic carbocycles. The van der Waals surface area contributed by atoms with E-state index in [0.717, 1.165) is 56.0 Å². The van der Waals surface area contributed by atoms with E-state index in [-0.39, 0.29) is 11.7 Å². The number of likely N-dealkylation sites (tertiary alicyclic amines) is 1. The molecule has 34 heavy (non-hydrogen) atoms. The first-order valence-electron chi connectivity index (χ1n) is 11.7. The molecule has 0 unspecified atom stereocenters. The summed E-state index contributed by atoms with van der Waals surface area (Å²) in [7, 11) is 1.68. The lowest BCUT2D eigenvalue weighted by molar-refractivity contribution is 0.0792. The highest BCUT2D eigenvalue weighted by Gasteiger charge is 2.28. The van der Waals surface area contributed by atoms with Crippen molar-refractivity contribution in [3.63, 3.8) is 0 Å². The summed E-state index contributed by atoms with van der Waals surface area (Å²) in [6.45, 7) is 4.48. The van der Waals surface area contributed by atoms with Gasteiger partial charge in [-0.05, 0) is 49.2 Å².